The number of hydrazone groups is 1. The lowest BCUT2D eigenvalue weighted by Gasteiger charge is -2.11. The third kappa shape index (κ3) is 8.59. The number of hydrogen-bond donors (Lipinski definition) is 1. The number of unbranched alkanes of at least 4 members (excludes halogenated alkanes) is 1. The average Bonchev–Trinajstić information content (AvgIpc) is 3.02. The summed E-state index contributed by atoms with van der Waals surface area (Å²) in [5, 5.41) is 4.70. The van der Waals surface area contributed by atoms with Gasteiger partial charge in [-0.2, -0.15) is 5.10 Å². The molecular weight excluding hydrogens is 556 g/mol. The molecule has 8 nitrogen and oxygen atoms in total. The summed E-state index contributed by atoms with van der Waals surface area (Å²) in [4.78, 5) is 25.5. The van der Waals surface area contributed by atoms with Crippen molar-refractivity contribution in [2.45, 2.75) is 26.4 Å². The van der Waals surface area contributed by atoms with Gasteiger partial charge in [0.05, 0.1) is 31.1 Å². The molecule has 4 rings (SSSR count). The molecule has 0 saturated carbocycles. The Morgan fingerprint density at radius 1 is 0.881 bits per heavy atom. The van der Waals surface area contributed by atoms with Crippen LogP contribution in [0.4, 0.5) is 0 Å². The molecule has 0 aromatic heterocycles. The lowest BCUT2D eigenvalue weighted by Crippen LogP contribution is -2.18. The largest absolute Gasteiger partial charge is 0.494 e. The molecule has 0 fully saturated rings. The number of nitrogens with zero attached hydrogens (tertiary/aromatic N) is 1. The highest BCUT2D eigenvalue weighted by molar-refractivity contribution is 6.30. The van der Waals surface area contributed by atoms with Crippen LogP contribution in [0.25, 0.3) is 0 Å². The Bertz CT molecular complexity index is 1520. The zero-order valence-corrected chi connectivity index (χ0v) is 24.1. The van der Waals surface area contributed by atoms with E-state index in [1.165, 1.54) is 13.3 Å². The molecule has 0 aliphatic carbocycles. The lowest BCUT2D eigenvalue weighted by molar-refractivity contribution is 0.0729. The Labute approximate surface area is 249 Å². The van der Waals surface area contributed by atoms with E-state index < -0.39 is 11.9 Å². The molecule has 4 aromatic carbocycles. The quantitative estimate of drug-likeness (QED) is 0.0591. The molecule has 0 aliphatic rings. The number of methoxy groups -OCH3 is 1. The van der Waals surface area contributed by atoms with Crippen LogP contribution in [0.3, 0.4) is 0 Å². The maximum absolute atomic E-state index is 12.8. The van der Waals surface area contributed by atoms with Crippen molar-refractivity contribution in [1.82, 2.24) is 5.43 Å². The summed E-state index contributed by atoms with van der Waals surface area (Å²) in [5.41, 5.74) is 4.77. The number of hydrogen-bond acceptors (Lipinski definition) is 7. The number of nitrogens with one attached hydrogen (secondary N) is 1. The maximum Gasteiger partial charge on any atom is 0.343 e. The molecule has 0 heterocycles. The summed E-state index contributed by atoms with van der Waals surface area (Å²) in [6.07, 6.45) is 3.47. The molecule has 0 saturated heterocycles. The molecule has 4 aromatic rings. The van der Waals surface area contributed by atoms with Crippen molar-refractivity contribution in [2.24, 2.45) is 5.10 Å². The predicted molar refractivity (Wildman–Crippen MR) is 162 cm³/mol. The minimum atomic E-state index is -0.529. The molecule has 0 spiro atoms. The van der Waals surface area contributed by atoms with Crippen molar-refractivity contribution in [3.05, 3.63) is 118 Å². The molecule has 9 heteroatoms. The topological polar surface area (TPSA) is 95.5 Å². The minimum absolute atomic E-state index is 0.249. The molecule has 216 valence electrons. The molecule has 1 N–H and O–H groups in total. The zero-order valence-electron chi connectivity index (χ0n) is 23.3. The van der Waals surface area contributed by atoms with Crippen LogP contribution in [0.2, 0.25) is 5.02 Å². The lowest BCUT2D eigenvalue weighted by atomic mass is 10.2. The number of rotatable bonds is 13. The Hall–Kier alpha value is -4.82. The molecule has 0 aliphatic heterocycles. The average molecular weight is 587 g/mol. The van der Waals surface area contributed by atoms with Gasteiger partial charge in [0.25, 0.3) is 5.91 Å². The molecule has 0 bridgehead atoms. The van der Waals surface area contributed by atoms with E-state index in [0.717, 1.165) is 18.4 Å². The highest BCUT2D eigenvalue weighted by Gasteiger charge is 2.14. The van der Waals surface area contributed by atoms with Gasteiger partial charge < -0.3 is 18.9 Å². The molecular formula is C33H31ClN2O6. The van der Waals surface area contributed by atoms with Crippen LogP contribution >= 0.6 is 11.6 Å². The highest BCUT2D eigenvalue weighted by Crippen LogP contribution is 2.29. The van der Waals surface area contributed by atoms with E-state index in [-0.39, 0.29) is 12.4 Å². The Morgan fingerprint density at radius 3 is 2.38 bits per heavy atom. The van der Waals surface area contributed by atoms with Gasteiger partial charge in [0.1, 0.15) is 18.1 Å². The number of carbonyl (C=O) groups excluding carboxylic acids is 2. The van der Waals surface area contributed by atoms with Crippen molar-refractivity contribution in [1.29, 1.82) is 0 Å². The Morgan fingerprint density at radius 2 is 1.64 bits per heavy atom. The molecule has 1 amide bonds. The Kier molecular flexibility index (Phi) is 10.9. The first-order chi connectivity index (χ1) is 20.5. The number of amides is 1. The van der Waals surface area contributed by atoms with Gasteiger partial charge in [0.2, 0.25) is 0 Å². The molecule has 0 atom stereocenters. The third-order valence-corrected chi connectivity index (χ3v) is 6.32. The smallest absolute Gasteiger partial charge is 0.343 e. The summed E-state index contributed by atoms with van der Waals surface area (Å²) >= 11 is 5.94. The molecule has 42 heavy (non-hydrogen) atoms. The fourth-order valence-electron chi connectivity index (χ4n) is 3.78. The monoisotopic (exact) mass is 586 g/mol. The second-order valence-corrected chi connectivity index (χ2v) is 9.57. The number of halogens is 1. The maximum atomic E-state index is 12.8. The third-order valence-electron chi connectivity index (χ3n) is 6.07. The van der Waals surface area contributed by atoms with Crippen LogP contribution in [0, 0.1) is 0 Å². The van der Waals surface area contributed by atoms with Crippen molar-refractivity contribution in [2.75, 3.05) is 13.7 Å². The number of carbonyl (C=O) groups is 2. The van der Waals surface area contributed by atoms with Crippen LogP contribution in [-0.4, -0.2) is 31.8 Å². The normalized spacial score (nSPS) is 10.7. The minimum Gasteiger partial charge on any atom is -0.494 e. The first-order valence-corrected chi connectivity index (χ1v) is 13.8. The summed E-state index contributed by atoms with van der Waals surface area (Å²) in [6.45, 7) is 3.00. The number of esters is 1. The van der Waals surface area contributed by atoms with Gasteiger partial charge in [0.15, 0.2) is 11.5 Å². The van der Waals surface area contributed by atoms with Crippen molar-refractivity contribution < 1.29 is 28.5 Å². The van der Waals surface area contributed by atoms with Crippen LogP contribution < -0.4 is 24.4 Å². The number of benzene rings is 4. The van der Waals surface area contributed by atoms with E-state index in [0.29, 0.717) is 45.6 Å². The van der Waals surface area contributed by atoms with Crippen LogP contribution in [0.1, 0.15) is 51.6 Å². The second-order valence-electron chi connectivity index (χ2n) is 9.14. The van der Waals surface area contributed by atoms with Gasteiger partial charge in [0, 0.05) is 5.02 Å². The number of ether oxygens (including phenoxy) is 4. The van der Waals surface area contributed by atoms with E-state index in [1.807, 2.05) is 12.1 Å². The van der Waals surface area contributed by atoms with Gasteiger partial charge in [-0.1, -0.05) is 49.2 Å². The summed E-state index contributed by atoms with van der Waals surface area (Å²) in [6, 6.07) is 25.9. The summed E-state index contributed by atoms with van der Waals surface area (Å²) in [7, 11) is 1.47. The van der Waals surface area contributed by atoms with Crippen molar-refractivity contribution in [3.8, 4) is 23.0 Å². The second kappa shape index (κ2) is 15.3. The fourth-order valence-corrected chi connectivity index (χ4v) is 3.90. The number of para-hydroxylation sites is 1. The zero-order chi connectivity index (χ0) is 29.7. The van der Waals surface area contributed by atoms with Gasteiger partial charge in [-0.25, -0.2) is 10.2 Å². The molecule has 0 radical (unpaired) electrons. The van der Waals surface area contributed by atoms with Gasteiger partial charge in [-0.3, -0.25) is 4.79 Å². The van der Waals surface area contributed by atoms with Gasteiger partial charge in [-0.15, -0.1) is 0 Å². The van der Waals surface area contributed by atoms with Crippen LogP contribution in [-0.2, 0) is 6.61 Å². The SMILES string of the molecule is CCCCOc1ccc(C(=O)Oc2ccc(/C=N\NC(=O)c3ccccc3OCc3ccc(Cl)cc3)cc2OC)cc1. The van der Waals surface area contributed by atoms with Crippen molar-refractivity contribution in [3.63, 3.8) is 0 Å². The summed E-state index contributed by atoms with van der Waals surface area (Å²) in [5.74, 6) is 0.739. The first kappa shape index (κ1) is 30.1. The van der Waals surface area contributed by atoms with E-state index in [2.05, 4.69) is 17.5 Å². The summed E-state index contributed by atoms with van der Waals surface area (Å²) < 4.78 is 22.5. The van der Waals surface area contributed by atoms with Crippen LogP contribution in [0.15, 0.2) is 96.1 Å². The van der Waals surface area contributed by atoms with Crippen molar-refractivity contribution >= 4 is 29.7 Å². The van der Waals surface area contributed by atoms with Gasteiger partial charge in [-0.05, 0) is 84.3 Å². The molecule has 0 unspecified atom stereocenters. The predicted octanol–water partition coefficient (Wildman–Crippen LogP) is 7.09. The van der Waals surface area contributed by atoms with E-state index in [1.54, 1.807) is 78.9 Å². The first-order valence-electron chi connectivity index (χ1n) is 13.4. The fraction of sp³-hybridized carbons (Fsp3) is 0.182. The Balaban J connectivity index is 1.35. The van der Waals surface area contributed by atoms with E-state index in [9.17, 15) is 9.59 Å². The highest BCUT2D eigenvalue weighted by atomic mass is 35.5. The van der Waals surface area contributed by atoms with Gasteiger partial charge >= 0.3 is 5.97 Å². The van der Waals surface area contributed by atoms with E-state index >= 15 is 0 Å². The van der Waals surface area contributed by atoms with Crippen LogP contribution in [0.5, 0.6) is 23.0 Å². The van der Waals surface area contributed by atoms with E-state index in [4.69, 9.17) is 30.5 Å². The standard InChI is InChI=1S/C33H31ClN2O6/c1-3-4-19-40-27-16-12-25(13-17-27)33(38)42-30-18-11-24(20-31(30)39-2)21-35-36-32(37)28-7-5-6-8-29(28)41-22-23-9-14-26(34)15-10-23/h5-18,20-21H,3-4,19,22H2,1-2H3,(H,36,37)/b35-21-.